The van der Waals surface area contributed by atoms with Gasteiger partial charge in [0.15, 0.2) is 5.96 Å². The lowest BCUT2D eigenvalue weighted by atomic mass is 10.2. The van der Waals surface area contributed by atoms with E-state index in [-0.39, 0.29) is 24.0 Å². The average Bonchev–Trinajstić information content (AvgIpc) is 3.01. The van der Waals surface area contributed by atoms with Crippen LogP contribution in [0.25, 0.3) is 0 Å². The maximum atomic E-state index is 4.85. The quantitative estimate of drug-likeness (QED) is 0.445. The summed E-state index contributed by atoms with van der Waals surface area (Å²) in [5, 5.41) is 7.26. The fraction of sp³-hybridized carbons (Fsp3) is 0.400. The lowest BCUT2D eigenvalue weighted by Gasteiger charge is -2.22. The summed E-state index contributed by atoms with van der Waals surface area (Å²) in [5.74, 6) is 1.74. The van der Waals surface area contributed by atoms with Crippen LogP contribution in [0.2, 0.25) is 0 Å². The molecule has 2 aromatic rings. The van der Waals surface area contributed by atoms with Crippen LogP contribution in [0.4, 0.5) is 5.82 Å². The number of aromatic nitrogens is 2. The minimum atomic E-state index is 0. The number of hydrogen-bond donors (Lipinski definition) is 1. The second-order valence-electron chi connectivity index (χ2n) is 5.13. The Hall–Kier alpha value is -1.84. The molecule has 2 aromatic heterocycles. The predicted octanol–water partition coefficient (Wildman–Crippen LogP) is 1.96. The maximum Gasteiger partial charge on any atom is 0.194 e. The molecular formula is C15H23IN6O. The van der Waals surface area contributed by atoms with E-state index in [2.05, 4.69) is 26.5 Å². The molecule has 0 unspecified atom stereocenters. The van der Waals surface area contributed by atoms with Gasteiger partial charge in [-0.1, -0.05) is 11.2 Å². The van der Waals surface area contributed by atoms with E-state index in [9.17, 15) is 0 Å². The van der Waals surface area contributed by atoms with Gasteiger partial charge in [-0.2, -0.15) is 0 Å². The van der Waals surface area contributed by atoms with E-state index in [4.69, 9.17) is 4.52 Å². The Morgan fingerprint density at radius 2 is 2.09 bits per heavy atom. The topological polar surface area (TPSA) is 69.8 Å². The van der Waals surface area contributed by atoms with Crippen LogP contribution in [0.1, 0.15) is 11.3 Å². The van der Waals surface area contributed by atoms with Crippen molar-refractivity contribution in [2.75, 3.05) is 33.1 Å². The molecule has 0 fully saturated rings. The first kappa shape index (κ1) is 19.2. The maximum absolute atomic E-state index is 4.85. The molecule has 7 nitrogen and oxygen atoms in total. The van der Waals surface area contributed by atoms with Gasteiger partial charge in [-0.05, 0) is 6.07 Å². The zero-order chi connectivity index (χ0) is 15.9. The van der Waals surface area contributed by atoms with Crippen molar-refractivity contribution in [3.8, 4) is 0 Å². The highest BCUT2D eigenvalue weighted by atomic mass is 127. The molecule has 0 amide bonds. The number of nitrogens with one attached hydrogen (secondary N) is 1. The number of halogens is 1. The normalized spacial score (nSPS) is 10.9. The number of nitrogens with zero attached hydrogens (tertiary/aromatic N) is 5. The van der Waals surface area contributed by atoms with Gasteiger partial charge in [0.1, 0.15) is 17.8 Å². The average molecular weight is 430 g/mol. The van der Waals surface area contributed by atoms with Crippen molar-refractivity contribution in [2.24, 2.45) is 4.99 Å². The van der Waals surface area contributed by atoms with Crippen molar-refractivity contribution in [3.63, 3.8) is 0 Å². The Balaban J connectivity index is 0.00000264. The van der Waals surface area contributed by atoms with Crippen LogP contribution in [-0.2, 0) is 13.1 Å². The molecule has 126 valence electrons. The largest absolute Gasteiger partial charge is 0.364 e. The molecule has 0 atom stereocenters. The third-order valence-electron chi connectivity index (χ3n) is 3.19. The minimum Gasteiger partial charge on any atom is -0.364 e. The van der Waals surface area contributed by atoms with E-state index in [1.165, 1.54) is 0 Å². The first-order chi connectivity index (χ1) is 10.6. The van der Waals surface area contributed by atoms with Crippen molar-refractivity contribution in [1.29, 1.82) is 0 Å². The van der Waals surface area contributed by atoms with Gasteiger partial charge in [0.25, 0.3) is 0 Å². The van der Waals surface area contributed by atoms with Crippen molar-refractivity contribution in [2.45, 2.75) is 13.1 Å². The van der Waals surface area contributed by atoms with Crippen molar-refractivity contribution < 1.29 is 4.52 Å². The summed E-state index contributed by atoms with van der Waals surface area (Å²) < 4.78 is 4.85. The molecule has 1 N–H and O–H groups in total. The smallest absolute Gasteiger partial charge is 0.194 e. The number of aliphatic imine (C=N–C) groups is 1. The van der Waals surface area contributed by atoms with E-state index < -0.39 is 0 Å². The summed E-state index contributed by atoms with van der Waals surface area (Å²) in [6.07, 6.45) is 3.36. The molecule has 0 saturated heterocycles. The number of pyridine rings is 1. The fourth-order valence-corrected chi connectivity index (χ4v) is 2.17. The van der Waals surface area contributed by atoms with Gasteiger partial charge in [-0.15, -0.1) is 24.0 Å². The Bertz CT molecular complexity index is 614. The zero-order valence-corrected chi connectivity index (χ0v) is 16.2. The van der Waals surface area contributed by atoms with Gasteiger partial charge in [-0.25, -0.2) is 4.98 Å². The van der Waals surface area contributed by atoms with Crippen LogP contribution in [0.15, 0.2) is 40.2 Å². The van der Waals surface area contributed by atoms with E-state index in [1.54, 1.807) is 19.5 Å². The highest BCUT2D eigenvalue weighted by Crippen LogP contribution is 2.14. The van der Waals surface area contributed by atoms with E-state index >= 15 is 0 Å². The second-order valence-corrected chi connectivity index (χ2v) is 5.13. The highest BCUT2D eigenvalue weighted by molar-refractivity contribution is 14.0. The molecule has 8 heteroatoms. The van der Waals surface area contributed by atoms with Crippen LogP contribution in [0.3, 0.4) is 0 Å². The van der Waals surface area contributed by atoms with Crippen molar-refractivity contribution >= 4 is 35.8 Å². The summed E-state index contributed by atoms with van der Waals surface area (Å²) in [6, 6.07) is 5.83. The minimum absolute atomic E-state index is 0. The molecular weight excluding hydrogens is 407 g/mol. The van der Waals surface area contributed by atoms with Crippen molar-refractivity contribution in [1.82, 2.24) is 20.4 Å². The molecule has 0 aromatic carbocycles. The SMILES string of the molecule is CN=C(NCc1cccnc1N(C)C)N(C)Cc1ccon1.I. The molecule has 0 bridgehead atoms. The summed E-state index contributed by atoms with van der Waals surface area (Å²) in [5.41, 5.74) is 1.98. The third kappa shape index (κ3) is 5.38. The molecule has 2 heterocycles. The second kappa shape index (κ2) is 9.33. The van der Waals surface area contributed by atoms with Crippen LogP contribution >= 0.6 is 24.0 Å². The van der Waals surface area contributed by atoms with Gasteiger partial charge in [-0.3, -0.25) is 4.99 Å². The molecule has 2 rings (SSSR count). The molecule has 0 radical (unpaired) electrons. The lowest BCUT2D eigenvalue weighted by Crippen LogP contribution is -2.38. The number of hydrogen-bond acceptors (Lipinski definition) is 5. The summed E-state index contributed by atoms with van der Waals surface area (Å²) in [6.45, 7) is 1.28. The van der Waals surface area contributed by atoms with Gasteiger partial charge in [0.2, 0.25) is 0 Å². The highest BCUT2D eigenvalue weighted by Gasteiger charge is 2.10. The third-order valence-corrected chi connectivity index (χ3v) is 3.19. The molecule has 0 aliphatic rings. The van der Waals surface area contributed by atoms with Gasteiger partial charge in [0, 0.05) is 52.6 Å². The summed E-state index contributed by atoms with van der Waals surface area (Å²) >= 11 is 0. The fourth-order valence-electron chi connectivity index (χ4n) is 2.17. The van der Waals surface area contributed by atoms with Gasteiger partial charge in [0.05, 0.1) is 6.54 Å². The standard InChI is InChI=1S/C15H22N6O.HI/c1-16-15(21(4)11-13-7-9-22-19-13)18-10-12-6-5-8-17-14(12)20(2)3;/h5-9H,10-11H2,1-4H3,(H,16,18);1H. The molecule has 23 heavy (non-hydrogen) atoms. The summed E-state index contributed by atoms with van der Waals surface area (Å²) in [4.78, 5) is 12.7. The Morgan fingerprint density at radius 1 is 1.30 bits per heavy atom. The number of anilines is 1. The zero-order valence-electron chi connectivity index (χ0n) is 13.9. The van der Waals surface area contributed by atoms with Crippen LogP contribution < -0.4 is 10.2 Å². The first-order valence-corrected chi connectivity index (χ1v) is 7.04. The molecule has 0 saturated carbocycles. The molecule has 0 aliphatic carbocycles. The Kier molecular flexibility index (Phi) is 7.79. The van der Waals surface area contributed by atoms with E-state index in [0.29, 0.717) is 13.1 Å². The monoisotopic (exact) mass is 430 g/mol. The van der Waals surface area contributed by atoms with Crippen LogP contribution in [0, 0.1) is 0 Å². The van der Waals surface area contributed by atoms with Gasteiger partial charge >= 0.3 is 0 Å². The predicted molar refractivity (Wildman–Crippen MR) is 102 cm³/mol. The molecule has 0 spiro atoms. The Morgan fingerprint density at radius 3 is 2.70 bits per heavy atom. The molecule has 0 aliphatic heterocycles. The Labute approximate surface area is 153 Å². The first-order valence-electron chi connectivity index (χ1n) is 7.04. The van der Waals surface area contributed by atoms with Crippen molar-refractivity contribution in [3.05, 3.63) is 41.9 Å². The van der Waals surface area contributed by atoms with Crippen LogP contribution in [-0.4, -0.2) is 49.2 Å². The van der Waals surface area contributed by atoms with Gasteiger partial charge < -0.3 is 19.6 Å². The van der Waals surface area contributed by atoms with E-state index in [0.717, 1.165) is 23.0 Å². The number of rotatable bonds is 5. The van der Waals surface area contributed by atoms with Crippen LogP contribution in [0.5, 0.6) is 0 Å². The van der Waals surface area contributed by atoms with E-state index in [1.807, 2.05) is 43.1 Å². The lowest BCUT2D eigenvalue weighted by molar-refractivity contribution is 0.391. The summed E-state index contributed by atoms with van der Waals surface area (Å²) in [7, 11) is 7.69. The number of guanidine groups is 1.